The van der Waals surface area contributed by atoms with E-state index in [0.717, 1.165) is 0 Å². The van der Waals surface area contributed by atoms with E-state index in [9.17, 15) is 14.3 Å². The average molecular weight is 240 g/mol. The van der Waals surface area contributed by atoms with Crippen molar-refractivity contribution in [2.45, 2.75) is 18.9 Å². The van der Waals surface area contributed by atoms with Crippen molar-refractivity contribution in [1.29, 1.82) is 0 Å². The molecule has 0 aliphatic carbocycles. The van der Waals surface area contributed by atoms with Gasteiger partial charge in [0.25, 0.3) is 0 Å². The van der Waals surface area contributed by atoms with Crippen LogP contribution >= 0.6 is 0 Å². The second-order valence-corrected chi connectivity index (χ2v) is 3.79. The number of hydrogen-bond acceptors (Lipinski definition) is 3. The Bertz CT molecular complexity index is 381. The van der Waals surface area contributed by atoms with Gasteiger partial charge in [-0.25, -0.2) is 9.18 Å². The molecular formula is C12H17FN2O2. The molecule has 0 bridgehead atoms. The summed E-state index contributed by atoms with van der Waals surface area (Å²) >= 11 is 0. The maximum Gasteiger partial charge on any atom is 0.328 e. The van der Waals surface area contributed by atoms with Gasteiger partial charge in [-0.2, -0.15) is 0 Å². The van der Waals surface area contributed by atoms with Crippen LogP contribution in [0.1, 0.15) is 18.9 Å². The Kier molecular flexibility index (Phi) is 4.60. The van der Waals surface area contributed by atoms with Gasteiger partial charge in [0.1, 0.15) is 11.4 Å². The first-order valence-corrected chi connectivity index (χ1v) is 5.51. The highest BCUT2D eigenvalue weighted by Gasteiger charge is 2.37. The van der Waals surface area contributed by atoms with Crippen LogP contribution in [0.2, 0.25) is 0 Å². The lowest BCUT2D eigenvalue weighted by molar-refractivity contribution is -0.145. The van der Waals surface area contributed by atoms with Gasteiger partial charge >= 0.3 is 5.97 Å². The molecule has 0 fully saturated rings. The SMILES string of the molecule is CCC(NCCN)(C(=O)O)c1ccc(F)cc1. The topological polar surface area (TPSA) is 75.3 Å². The molecule has 0 radical (unpaired) electrons. The number of nitrogens with one attached hydrogen (secondary N) is 1. The van der Waals surface area contributed by atoms with E-state index in [2.05, 4.69) is 5.32 Å². The predicted molar refractivity (Wildman–Crippen MR) is 63.1 cm³/mol. The second-order valence-electron chi connectivity index (χ2n) is 3.79. The van der Waals surface area contributed by atoms with Gasteiger partial charge < -0.3 is 10.8 Å². The number of carbonyl (C=O) groups is 1. The third kappa shape index (κ3) is 2.81. The summed E-state index contributed by atoms with van der Waals surface area (Å²) in [6.07, 6.45) is 0.355. The number of carboxylic acid groups (broad SMARTS) is 1. The van der Waals surface area contributed by atoms with Gasteiger partial charge in [0, 0.05) is 13.1 Å². The Balaban J connectivity index is 3.12. The van der Waals surface area contributed by atoms with Gasteiger partial charge in [-0.05, 0) is 24.1 Å². The van der Waals surface area contributed by atoms with E-state index in [1.54, 1.807) is 6.92 Å². The lowest BCUT2D eigenvalue weighted by atomic mass is 9.87. The fourth-order valence-electron chi connectivity index (χ4n) is 1.80. The molecule has 1 aromatic carbocycles. The number of benzene rings is 1. The van der Waals surface area contributed by atoms with Crippen LogP contribution < -0.4 is 11.1 Å². The molecule has 1 unspecified atom stereocenters. The minimum atomic E-state index is -1.20. The molecule has 0 spiro atoms. The third-order valence-corrected chi connectivity index (χ3v) is 2.80. The molecule has 0 amide bonds. The molecule has 0 aromatic heterocycles. The van der Waals surface area contributed by atoms with E-state index in [1.165, 1.54) is 24.3 Å². The van der Waals surface area contributed by atoms with E-state index in [0.29, 0.717) is 25.1 Å². The number of rotatable bonds is 6. The molecular weight excluding hydrogens is 223 g/mol. The van der Waals surface area contributed by atoms with Gasteiger partial charge in [0.2, 0.25) is 0 Å². The van der Waals surface area contributed by atoms with Crippen molar-refractivity contribution in [1.82, 2.24) is 5.32 Å². The summed E-state index contributed by atoms with van der Waals surface area (Å²) in [6.45, 7) is 2.49. The first kappa shape index (κ1) is 13.6. The number of aliphatic carboxylic acids is 1. The number of carboxylic acids is 1. The molecule has 1 aromatic rings. The normalized spacial score (nSPS) is 14.3. The van der Waals surface area contributed by atoms with Crippen LogP contribution in [0.4, 0.5) is 4.39 Å². The van der Waals surface area contributed by atoms with Gasteiger partial charge in [0.15, 0.2) is 0 Å². The maximum absolute atomic E-state index is 12.8. The van der Waals surface area contributed by atoms with E-state index in [-0.39, 0.29) is 5.82 Å². The minimum Gasteiger partial charge on any atom is -0.480 e. The Hall–Kier alpha value is -1.46. The molecule has 0 aliphatic rings. The summed E-state index contributed by atoms with van der Waals surface area (Å²) in [5.74, 6) is -1.37. The van der Waals surface area contributed by atoms with Crippen molar-refractivity contribution < 1.29 is 14.3 Å². The number of halogens is 1. The van der Waals surface area contributed by atoms with Gasteiger partial charge in [0.05, 0.1) is 0 Å². The average Bonchev–Trinajstić information content (AvgIpc) is 2.32. The van der Waals surface area contributed by atoms with E-state index >= 15 is 0 Å². The summed E-state index contributed by atoms with van der Waals surface area (Å²) in [7, 11) is 0. The Morgan fingerprint density at radius 1 is 1.47 bits per heavy atom. The van der Waals surface area contributed by atoms with Crippen LogP contribution in [0.15, 0.2) is 24.3 Å². The zero-order valence-electron chi connectivity index (χ0n) is 9.74. The van der Waals surface area contributed by atoms with E-state index in [4.69, 9.17) is 5.73 Å². The van der Waals surface area contributed by atoms with Crippen LogP contribution in [-0.4, -0.2) is 24.2 Å². The lowest BCUT2D eigenvalue weighted by Gasteiger charge is -2.30. The molecule has 94 valence electrons. The highest BCUT2D eigenvalue weighted by atomic mass is 19.1. The molecule has 0 saturated heterocycles. The Morgan fingerprint density at radius 3 is 2.47 bits per heavy atom. The monoisotopic (exact) mass is 240 g/mol. The first-order valence-electron chi connectivity index (χ1n) is 5.51. The fraction of sp³-hybridized carbons (Fsp3) is 0.417. The van der Waals surface area contributed by atoms with E-state index < -0.39 is 11.5 Å². The highest BCUT2D eigenvalue weighted by molar-refractivity contribution is 5.80. The van der Waals surface area contributed by atoms with Crippen molar-refractivity contribution in [3.8, 4) is 0 Å². The van der Waals surface area contributed by atoms with Crippen LogP contribution in [0, 0.1) is 5.82 Å². The smallest absolute Gasteiger partial charge is 0.328 e. The molecule has 0 heterocycles. The zero-order chi connectivity index (χ0) is 12.9. The fourth-order valence-corrected chi connectivity index (χ4v) is 1.80. The van der Waals surface area contributed by atoms with Crippen LogP contribution in [0.25, 0.3) is 0 Å². The zero-order valence-corrected chi connectivity index (χ0v) is 9.74. The van der Waals surface area contributed by atoms with Gasteiger partial charge in [-0.1, -0.05) is 19.1 Å². The van der Waals surface area contributed by atoms with Gasteiger partial charge in [-0.3, -0.25) is 5.32 Å². The van der Waals surface area contributed by atoms with Crippen LogP contribution in [0.3, 0.4) is 0 Å². The summed E-state index contributed by atoms with van der Waals surface area (Å²) in [4.78, 5) is 11.4. The van der Waals surface area contributed by atoms with Crippen molar-refractivity contribution in [3.63, 3.8) is 0 Å². The molecule has 0 saturated carbocycles. The second kappa shape index (κ2) is 5.75. The van der Waals surface area contributed by atoms with Crippen LogP contribution in [-0.2, 0) is 10.3 Å². The number of hydrogen-bond donors (Lipinski definition) is 3. The molecule has 5 heteroatoms. The van der Waals surface area contributed by atoms with Gasteiger partial charge in [-0.15, -0.1) is 0 Å². The predicted octanol–water partition coefficient (Wildman–Crippen LogP) is 1.06. The largest absolute Gasteiger partial charge is 0.480 e. The van der Waals surface area contributed by atoms with Crippen molar-refractivity contribution in [2.75, 3.05) is 13.1 Å². The molecule has 1 rings (SSSR count). The lowest BCUT2D eigenvalue weighted by Crippen LogP contribution is -2.50. The maximum atomic E-state index is 12.8. The summed E-state index contributed by atoms with van der Waals surface area (Å²) < 4.78 is 12.8. The quantitative estimate of drug-likeness (QED) is 0.695. The minimum absolute atomic E-state index is 0.343. The summed E-state index contributed by atoms with van der Waals surface area (Å²) in [5, 5.41) is 12.3. The highest BCUT2D eigenvalue weighted by Crippen LogP contribution is 2.25. The van der Waals surface area contributed by atoms with Crippen molar-refractivity contribution in [2.24, 2.45) is 5.73 Å². The van der Waals surface area contributed by atoms with Crippen molar-refractivity contribution >= 4 is 5.97 Å². The molecule has 4 nitrogen and oxygen atoms in total. The molecule has 0 aliphatic heterocycles. The summed E-state index contributed by atoms with van der Waals surface area (Å²) in [6, 6.07) is 5.48. The third-order valence-electron chi connectivity index (χ3n) is 2.80. The Labute approximate surface area is 99.6 Å². The summed E-state index contributed by atoms with van der Waals surface area (Å²) in [5.41, 5.74) is 4.71. The van der Waals surface area contributed by atoms with E-state index in [1.807, 2.05) is 0 Å². The number of nitrogens with two attached hydrogens (primary N) is 1. The van der Waals surface area contributed by atoms with Crippen molar-refractivity contribution in [3.05, 3.63) is 35.6 Å². The first-order chi connectivity index (χ1) is 8.06. The Morgan fingerprint density at radius 2 is 2.06 bits per heavy atom. The molecule has 1 atom stereocenters. The molecule has 17 heavy (non-hydrogen) atoms. The standard InChI is InChI=1S/C12H17FN2O2/c1-2-12(11(16)17,15-8-7-14)9-3-5-10(13)6-4-9/h3-6,15H,2,7-8,14H2,1H3,(H,16,17). The molecule has 4 N–H and O–H groups in total. The van der Waals surface area contributed by atoms with Crippen LogP contribution in [0.5, 0.6) is 0 Å².